The summed E-state index contributed by atoms with van der Waals surface area (Å²) in [5, 5.41) is 3.38. The zero-order valence-electron chi connectivity index (χ0n) is 16.2. The molecule has 0 saturated carbocycles. The number of piperazine rings is 1. The summed E-state index contributed by atoms with van der Waals surface area (Å²) < 4.78 is 11.7. The Labute approximate surface area is 156 Å². The second-order valence-corrected chi connectivity index (χ2v) is 7.99. The highest BCUT2D eigenvalue weighted by Crippen LogP contribution is 2.29. The summed E-state index contributed by atoms with van der Waals surface area (Å²) in [6.45, 7) is 10.9. The molecule has 6 heteroatoms. The van der Waals surface area contributed by atoms with E-state index >= 15 is 0 Å². The smallest absolute Gasteiger partial charge is 0.410 e. The molecule has 1 N–H and O–H groups in total. The van der Waals surface area contributed by atoms with Gasteiger partial charge in [0.15, 0.2) is 0 Å². The molecular formula is C20H31N3O3. The molecule has 26 heavy (non-hydrogen) atoms. The van der Waals surface area contributed by atoms with Gasteiger partial charge in [0, 0.05) is 32.7 Å². The molecule has 0 bridgehead atoms. The molecule has 2 fully saturated rings. The number of amides is 1. The zero-order chi connectivity index (χ0) is 18.6. The molecule has 0 aromatic heterocycles. The normalized spacial score (nSPS) is 21.0. The molecule has 2 aliphatic rings. The number of hydrogen-bond donors (Lipinski definition) is 1. The van der Waals surface area contributed by atoms with Crippen molar-refractivity contribution >= 4 is 11.8 Å². The first-order chi connectivity index (χ1) is 12.4. The third-order valence-electron chi connectivity index (χ3n) is 4.76. The summed E-state index contributed by atoms with van der Waals surface area (Å²) in [6.07, 6.45) is 1.71. The van der Waals surface area contributed by atoms with Crippen LogP contribution in [0.4, 0.5) is 10.5 Å². The summed E-state index contributed by atoms with van der Waals surface area (Å²) in [4.78, 5) is 16.6. The van der Waals surface area contributed by atoms with Crippen molar-refractivity contribution in [1.29, 1.82) is 0 Å². The van der Waals surface area contributed by atoms with Gasteiger partial charge in [0.1, 0.15) is 18.0 Å². The van der Waals surface area contributed by atoms with Gasteiger partial charge in [-0.3, -0.25) is 0 Å². The molecule has 3 rings (SSSR count). The minimum Gasteiger partial charge on any atom is -0.489 e. The van der Waals surface area contributed by atoms with Crippen LogP contribution >= 0.6 is 0 Å². The van der Waals surface area contributed by atoms with Gasteiger partial charge in [0.2, 0.25) is 0 Å². The van der Waals surface area contributed by atoms with Crippen molar-refractivity contribution in [3.8, 4) is 5.75 Å². The molecule has 2 heterocycles. The van der Waals surface area contributed by atoms with Crippen LogP contribution in [-0.4, -0.2) is 62.0 Å². The van der Waals surface area contributed by atoms with Gasteiger partial charge < -0.3 is 24.6 Å². The van der Waals surface area contributed by atoms with Crippen LogP contribution in [0.15, 0.2) is 24.3 Å². The van der Waals surface area contributed by atoms with Gasteiger partial charge in [-0.15, -0.1) is 0 Å². The lowest BCUT2D eigenvalue weighted by Crippen LogP contribution is -2.44. The van der Waals surface area contributed by atoms with Gasteiger partial charge >= 0.3 is 6.09 Å². The highest BCUT2D eigenvalue weighted by Gasteiger charge is 2.32. The van der Waals surface area contributed by atoms with Crippen molar-refractivity contribution in [3.63, 3.8) is 0 Å². The quantitative estimate of drug-likeness (QED) is 0.894. The fourth-order valence-corrected chi connectivity index (χ4v) is 3.50. The number of nitrogens with one attached hydrogen (secondary N) is 1. The van der Waals surface area contributed by atoms with Gasteiger partial charge in [0.25, 0.3) is 0 Å². The first-order valence-electron chi connectivity index (χ1n) is 9.61. The monoisotopic (exact) mass is 361 g/mol. The van der Waals surface area contributed by atoms with Crippen LogP contribution in [0.25, 0.3) is 0 Å². The van der Waals surface area contributed by atoms with Crippen LogP contribution in [-0.2, 0) is 4.74 Å². The van der Waals surface area contributed by atoms with E-state index in [1.807, 2.05) is 43.9 Å². The van der Waals surface area contributed by atoms with E-state index in [-0.39, 0.29) is 12.1 Å². The van der Waals surface area contributed by atoms with Crippen molar-refractivity contribution in [3.05, 3.63) is 24.3 Å². The van der Waals surface area contributed by atoms with Crippen LogP contribution in [0.2, 0.25) is 0 Å². The van der Waals surface area contributed by atoms with E-state index in [0.717, 1.165) is 57.0 Å². The zero-order valence-corrected chi connectivity index (χ0v) is 16.2. The van der Waals surface area contributed by atoms with Crippen molar-refractivity contribution in [2.75, 3.05) is 44.2 Å². The highest BCUT2D eigenvalue weighted by atomic mass is 16.6. The second-order valence-electron chi connectivity index (χ2n) is 7.99. The number of carbonyl (C=O) groups excluding carboxylic acids is 1. The van der Waals surface area contributed by atoms with Gasteiger partial charge in [-0.05, 0) is 45.7 Å². The van der Waals surface area contributed by atoms with E-state index in [0.29, 0.717) is 6.61 Å². The second kappa shape index (κ2) is 8.16. The van der Waals surface area contributed by atoms with E-state index < -0.39 is 5.60 Å². The fraction of sp³-hybridized carbons (Fsp3) is 0.650. The Morgan fingerprint density at radius 1 is 1.19 bits per heavy atom. The summed E-state index contributed by atoms with van der Waals surface area (Å²) in [5.41, 5.74) is 0.663. The molecule has 2 saturated heterocycles. The van der Waals surface area contributed by atoms with Crippen molar-refractivity contribution < 1.29 is 14.3 Å². The summed E-state index contributed by atoms with van der Waals surface area (Å²) >= 11 is 0. The molecule has 1 atom stereocenters. The lowest BCUT2D eigenvalue weighted by Gasteiger charge is -2.32. The van der Waals surface area contributed by atoms with E-state index in [1.54, 1.807) is 0 Å². The third-order valence-corrected chi connectivity index (χ3v) is 4.76. The summed E-state index contributed by atoms with van der Waals surface area (Å²) in [7, 11) is 0. The maximum atomic E-state index is 12.4. The molecule has 1 aromatic rings. The molecular weight excluding hydrogens is 330 g/mol. The summed E-state index contributed by atoms with van der Waals surface area (Å²) in [6, 6.07) is 8.25. The molecule has 0 aliphatic carbocycles. The Morgan fingerprint density at radius 3 is 2.65 bits per heavy atom. The van der Waals surface area contributed by atoms with Crippen molar-refractivity contribution in [2.24, 2.45) is 0 Å². The fourth-order valence-electron chi connectivity index (χ4n) is 3.50. The Balaban J connectivity index is 1.62. The van der Waals surface area contributed by atoms with Crippen LogP contribution in [0.1, 0.15) is 33.6 Å². The molecule has 2 aliphatic heterocycles. The Kier molecular flexibility index (Phi) is 5.91. The number of ether oxygens (including phenoxy) is 2. The Hall–Kier alpha value is -1.95. The number of nitrogens with zero attached hydrogens (tertiary/aromatic N) is 2. The Bertz CT molecular complexity index is 609. The summed E-state index contributed by atoms with van der Waals surface area (Å²) in [5.74, 6) is 0.894. The van der Waals surface area contributed by atoms with E-state index in [4.69, 9.17) is 9.47 Å². The van der Waals surface area contributed by atoms with E-state index in [9.17, 15) is 4.79 Å². The average Bonchev–Trinajstić information content (AvgIpc) is 3.08. The number of carbonyl (C=O) groups is 1. The molecule has 0 unspecified atom stereocenters. The van der Waals surface area contributed by atoms with Crippen LogP contribution < -0.4 is 15.0 Å². The SMILES string of the molecule is CC(C)(C)OC(=O)N1CCC[C@H]1COc1ccccc1N1CCNCC1. The molecule has 1 amide bonds. The minimum atomic E-state index is -0.472. The number of rotatable bonds is 4. The number of likely N-dealkylation sites (tertiary alicyclic amines) is 1. The van der Waals surface area contributed by atoms with Crippen LogP contribution in [0, 0.1) is 0 Å². The lowest BCUT2D eigenvalue weighted by molar-refractivity contribution is 0.0187. The topological polar surface area (TPSA) is 54.0 Å². The number of benzene rings is 1. The molecule has 6 nitrogen and oxygen atoms in total. The largest absolute Gasteiger partial charge is 0.489 e. The van der Waals surface area contributed by atoms with Gasteiger partial charge in [-0.25, -0.2) is 4.79 Å². The van der Waals surface area contributed by atoms with Crippen LogP contribution in [0.3, 0.4) is 0 Å². The van der Waals surface area contributed by atoms with Gasteiger partial charge in [-0.2, -0.15) is 0 Å². The molecule has 1 aromatic carbocycles. The number of anilines is 1. The third kappa shape index (κ3) is 4.81. The van der Waals surface area contributed by atoms with Crippen molar-refractivity contribution in [2.45, 2.75) is 45.3 Å². The van der Waals surface area contributed by atoms with E-state index in [2.05, 4.69) is 16.3 Å². The lowest BCUT2D eigenvalue weighted by atomic mass is 10.2. The molecule has 144 valence electrons. The highest BCUT2D eigenvalue weighted by molar-refractivity contribution is 5.69. The number of para-hydroxylation sites is 2. The first kappa shape index (κ1) is 18.8. The maximum absolute atomic E-state index is 12.4. The van der Waals surface area contributed by atoms with Gasteiger partial charge in [-0.1, -0.05) is 12.1 Å². The molecule has 0 spiro atoms. The Morgan fingerprint density at radius 2 is 1.92 bits per heavy atom. The number of hydrogen-bond acceptors (Lipinski definition) is 5. The standard InChI is InChI=1S/C20H31N3O3/c1-20(2,3)26-19(24)23-12-6-7-16(23)15-25-18-9-5-4-8-17(18)22-13-10-21-11-14-22/h4-5,8-9,16,21H,6-7,10-15H2,1-3H3/t16-/m0/s1. The average molecular weight is 361 g/mol. The van der Waals surface area contributed by atoms with E-state index in [1.165, 1.54) is 0 Å². The van der Waals surface area contributed by atoms with Gasteiger partial charge in [0.05, 0.1) is 11.7 Å². The van der Waals surface area contributed by atoms with Crippen LogP contribution in [0.5, 0.6) is 5.75 Å². The molecule has 0 radical (unpaired) electrons. The predicted octanol–water partition coefficient (Wildman–Crippen LogP) is 2.87. The van der Waals surface area contributed by atoms with Crippen molar-refractivity contribution in [1.82, 2.24) is 10.2 Å². The first-order valence-corrected chi connectivity index (χ1v) is 9.61. The minimum absolute atomic E-state index is 0.0703. The maximum Gasteiger partial charge on any atom is 0.410 e. The predicted molar refractivity (Wildman–Crippen MR) is 103 cm³/mol.